The molecule has 0 radical (unpaired) electrons. The zero-order valence-corrected chi connectivity index (χ0v) is 12.8. The lowest BCUT2D eigenvalue weighted by Gasteiger charge is -1.91. The fourth-order valence-electron chi connectivity index (χ4n) is 1.71. The number of aromatic nitrogens is 4. The maximum Gasteiger partial charge on any atom is 0.277 e. The summed E-state index contributed by atoms with van der Waals surface area (Å²) in [5.74, 6) is 1.92. The second-order valence-corrected chi connectivity index (χ2v) is 6.37. The van der Waals surface area contributed by atoms with Gasteiger partial charge in [-0.25, -0.2) is 4.98 Å². The highest BCUT2D eigenvalue weighted by Crippen LogP contribution is 2.31. The summed E-state index contributed by atoms with van der Waals surface area (Å²) in [4.78, 5) is 5.28. The number of hydrogen-bond acceptors (Lipinski definition) is 8. The fraction of sp³-hybridized carbons (Fsp3) is 0.333. The van der Waals surface area contributed by atoms with Crippen LogP contribution in [0.1, 0.15) is 22.2 Å². The molecule has 0 saturated carbocycles. The summed E-state index contributed by atoms with van der Waals surface area (Å²) in [6, 6.07) is 1.89. The van der Waals surface area contributed by atoms with Gasteiger partial charge in [0.05, 0.1) is 22.1 Å². The second-order valence-electron chi connectivity index (χ2n) is 4.24. The average molecular weight is 308 g/mol. The molecule has 3 heterocycles. The highest BCUT2D eigenvalue weighted by molar-refractivity contribution is 7.98. The van der Waals surface area contributed by atoms with E-state index in [9.17, 15) is 0 Å². The maximum absolute atomic E-state index is 5.64. The van der Waals surface area contributed by atoms with E-state index in [1.54, 1.807) is 11.3 Å². The van der Waals surface area contributed by atoms with E-state index in [2.05, 4.69) is 20.3 Å². The van der Waals surface area contributed by atoms with Gasteiger partial charge in [-0.2, -0.15) is 0 Å². The van der Waals surface area contributed by atoms with Crippen molar-refractivity contribution in [1.29, 1.82) is 0 Å². The molecule has 20 heavy (non-hydrogen) atoms. The fourth-order valence-corrected chi connectivity index (χ4v) is 3.19. The van der Waals surface area contributed by atoms with Crippen LogP contribution in [0.5, 0.6) is 0 Å². The lowest BCUT2D eigenvalue weighted by molar-refractivity contribution is 0.390. The van der Waals surface area contributed by atoms with Crippen molar-refractivity contribution >= 4 is 23.1 Å². The predicted octanol–water partition coefficient (Wildman–Crippen LogP) is 3.40. The smallest absolute Gasteiger partial charge is 0.277 e. The van der Waals surface area contributed by atoms with Gasteiger partial charge in [0.2, 0.25) is 0 Å². The van der Waals surface area contributed by atoms with Crippen LogP contribution in [-0.4, -0.2) is 20.3 Å². The van der Waals surface area contributed by atoms with Crippen molar-refractivity contribution in [3.63, 3.8) is 0 Å². The molecular weight excluding hydrogens is 296 g/mol. The van der Waals surface area contributed by atoms with Crippen molar-refractivity contribution in [2.45, 2.75) is 31.7 Å². The predicted molar refractivity (Wildman–Crippen MR) is 75.7 cm³/mol. The Morgan fingerprint density at radius 2 is 2.10 bits per heavy atom. The highest BCUT2D eigenvalue weighted by Gasteiger charge is 2.15. The van der Waals surface area contributed by atoms with Crippen LogP contribution in [0.3, 0.4) is 0 Å². The zero-order valence-electron chi connectivity index (χ0n) is 11.2. The molecule has 0 bridgehead atoms. The molecule has 0 aliphatic heterocycles. The van der Waals surface area contributed by atoms with Crippen LogP contribution in [0, 0.1) is 20.8 Å². The summed E-state index contributed by atoms with van der Waals surface area (Å²) in [5.41, 5.74) is 1.78. The first-order valence-corrected chi connectivity index (χ1v) is 7.75. The first-order valence-electron chi connectivity index (χ1n) is 5.94. The Balaban J connectivity index is 1.72. The quantitative estimate of drug-likeness (QED) is 0.683. The summed E-state index contributed by atoms with van der Waals surface area (Å²) in [6.45, 7) is 5.78. The molecule has 0 unspecified atom stereocenters. The molecule has 3 rings (SSSR count). The first kappa shape index (κ1) is 13.3. The minimum Gasteiger partial charge on any atom is -0.410 e. The van der Waals surface area contributed by atoms with Crippen molar-refractivity contribution < 1.29 is 8.94 Å². The normalized spacial score (nSPS) is 11.2. The van der Waals surface area contributed by atoms with E-state index in [0.29, 0.717) is 16.9 Å². The van der Waals surface area contributed by atoms with Gasteiger partial charge < -0.3 is 8.94 Å². The number of thiazole rings is 1. The Morgan fingerprint density at radius 1 is 1.25 bits per heavy atom. The molecule has 0 atom stereocenters. The van der Waals surface area contributed by atoms with E-state index >= 15 is 0 Å². The molecule has 0 saturated heterocycles. The molecule has 8 heteroatoms. The lowest BCUT2D eigenvalue weighted by atomic mass is 10.4. The molecule has 0 N–H and O–H groups in total. The third-order valence-corrected chi connectivity index (χ3v) is 4.42. The van der Waals surface area contributed by atoms with E-state index in [1.807, 2.05) is 26.8 Å². The second kappa shape index (κ2) is 5.37. The van der Waals surface area contributed by atoms with Crippen LogP contribution < -0.4 is 0 Å². The van der Waals surface area contributed by atoms with E-state index in [-0.39, 0.29) is 0 Å². The van der Waals surface area contributed by atoms with Crippen molar-refractivity contribution in [3.05, 3.63) is 28.2 Å². The largest absolute Gasteiger partial charge is 0.410 e. The van der Waals surface area contributed by atoms with Gasteiger partial charge in [0, 0.05) is 6.07 Å². The van der Waals surface area contributed by atoms with Crippen molar-refractivity contribution in [2.75, 3.05) is 0 Å². The van der Waals surface area contributed by atoms with Gasteiger partial charge in [-0.05, 0) is 20.8 Å². The van der Waals surface area contributed by atoms with Crippen LogP contribution >= 0.6 is 23.1 Å². The van der Waals surface area contributed by atoms with E-state index in [0.717, 1.165) is 27.0 Å². The van der Waals surface area contributed by atoms with Gasteiger partial charge >= 0.3 is 0 Å². The van der Waals surface area contributed by atoms with Crippen molar-refractivity contribution in [2.24, 2.45) is 0 Å². The topological polar surface area (TPSA) is 77.8 Å². The van der Waals surface area contributed by atoms with Gasteiger partial charge in [-0.3, -0.25) is 0 Å². The molecule has 3 aromatic rings. The van der Waals surface area contributed by atoms with Crippen LogP contribution in [0.4, 0.5) is 0 Å². The third-order valence-electron chi connectivity index (χ3n) is 2.52. The molecule has 104 valence electrons. The maximum atomic E-state index is 5.64. The minimum atomic E-state index is 0.513. The number of aryl methyl sites for hydroxylation is 3. The van der Waals surface area contributed by atoms with E-state index < -0.39 is 0 Å². The Hall–Kier alpha value is -1.67. The van der Waals surface area contributed by atoms with Gasteiger partial charge in [-0.1, -0.05) is 16.9 Å². The van der Waals surface area contributed by atoms with Gasteiger partial charge in [0.15, 0.2) is 0 Å². The van der Waals surface area contributed by atoms with Crippen LogP contribution in [0.25, 0.3) is 10.8 Å². The van der Waals surface area contributed by atoms with Crippen molar-refractivity contribution in [3.8, 4) is 10.8 Å². The zero-order chi connectivity index (χ0) is 14.1. The van der Waals surface area contributed by atoms with Crippen LogP contribution in [-0.2, 0) is 5.75 Å². The number of nitrogens with zero attached hydrogens (tertiary/aromatic N) is 4. The number of hydrogen-bond donors (Lipinski definition) is 0. The van der Waals surface area contributed by atoms with E-state index in [4.69, 9.17) is 8.94 Å². The molecule has 6 nitrogen and oxygen atoms in total. The number of thioether (sulfide) groups is 1. The Morgan fingerprint density at radius 3 is 2.75 bits per heavy atom. The lowest BCUT2D eigenvalue weighted by Crippen LogP contribution is -1.77. The van der Waals surface area contributed by atoms with Gasteiger partial charge in [0.25, 0.3) is 11.1 Å². The first-order chi connectivity index (χ1) is 9.61. The molecular formula is C12H12N4O2S2. The Bertz CT molecular complexity index is 731. The van der Waals surface area contributed by atoms with Gasteiger partial charge in [0.1, 0.15) is 10.6 Å². The average Bonchev–Trinajstić information content (AvgIpc) is 3.08. The minimum absolute atomic E-state index is 0.513. The van der Waals surface area contributed by atoms with Crippen LogP contribution in [0.2, 0.25) is 0 Å². The Kier molecular flexibility index (Phi) is 3.58. The van der Waals surface area contributed by atoms with Crippen LogP contribution in [0.15, 0.2) is 20.2 Å². The molecule has 3 aromatic heterocycles. The summed E-state index contributed by atoms with van der Waals surface area (Å²) in [7, 11) is 0. The molecule has 0 amide bonds. The highest BCUT2D eigenvalue weighted by atomic mass is 32.2. The molecule has 0 aromatic carbocycles. The molecule has 0 aliphatic rings. The summed E-state index contributed by atoms with van der Waals surface area (Å²) < 4.78 is 10.8. The monoisotopic (exact) mass is 308 g/mol. The summed E-state index contributed by atoms with van der Waals surface area (Å²) in [6.07, 6.45) is 0. The Labute approximate surface area is 123 Å². The molecule has 0 aliphatic carbocycles. The van der Waals surface area contributed by atoms with Gasteiger partial charge in [-0.15, -0.1) is 21.5 Å². The van der Waals surface area contributed by atoms with Crippen molar-refractivity contribution in [1.82, 2.24) is 20.3 Å². The summed E-state index contributed by atoms with van der Waals surface area (Å²) >= 11 is 2.98. The SMILES string of the molecule is Cc1cc(CSc2nnc(-c3sc(C)nc3C)o2)on1. The third kappa shape index (κ3) is 2.75. The standard InChI is InChI=1S/C12H12N4O2S2/c1-6-4-9(18-16-6)5-19-12-15-14-11(17-12)10-7(2)13-8(3)20-10/h4H,5H2,1-3H3. The number of rotatable bonds is 4. The summed E-state index contributed by atoms with van der Waals surface area (Å²) in [5, 5.41) is 13.4. The molecule has 0 fully saturated rings. The van der Waals surface area contributed by atoms with E-state index in [1.165, 1.54) is 11.8 Å². The molecule has 0 spiro atoms.